The van der Waals surface area contributed by atoms with Crippen LogP contribution < -0.4 is 0 Å². The number of nitrogens with zero attached hydrogens (tertiary/aromatic N) is 2. The van der Waals surface area contributed by atoms with E-state index in [1.54, 1.807) is 12.1 Å². The first-order valence-corrected chi connectivity index (χ1v) is 6.41. The van der Waals surface area contributed by atoms with Crippen LogP contribution >= 0.6 is 23.2 Å². The van der Waals surface area contributed by atoms with Gasteiger partial charge in [0.2, 0.25) is 0 Å². The van der Waals surface area contributed by atoms with Crippen LogP contribution in [0.25, 0.3) is 0 Å². The Balaban J connectivity index is 2.46. The molecule has 8 heteroatoms. The zero-order valence-electron chi connectivity index (χ0n) is 10.8. The molecule has 1 saturated heterocycles. The quantitative estimate of drug-likeness (QED) is 0.840. The van der Waals surface area contributed by atoms with E-state index in [-0.39, 0.29) is 12.5 Å². The number of rotatable bonds is 2. The molecule has 0 N–H and O–H groups in total. The maximum atomic E-state index is 11.9. The van der Waals surface area contributed by atoms with Crippen LogP contribution in [0.3, 0.4) is 0 Å². The summed E-state index contributed by atoms with van der Waals surface area (Å²) in [6.07, 6.45) is -1.43. The predicted octanol–water partition coefficient (Wildman–Crippen LogP) is 2.46. The minimum Gasteiger partial charge on any atom is -0.453 e. The van der Waals surface area contributed by atoms with Crippen LogP contribution in [0.15, 0.2) is 18.2 Å². The van der Waals surface area contributed by atoms with E-state index in [4.69, 9.17) is 28.0 Å². The van der Waals surface area contributed by atoms with Gasteiger partial charge in [-0.1, -0.05) is 29.3 Å². The summed E-state index contributed by atoms with van der Waals surface area (Å²) in [6.45, 7) is -0.149. The molecule has 1 atom stereocenters. The first-order chi connectivity index (χ1) is 9.49. The average Bonchev–Trinajstić information content (AvgIpc) is 2.74. The van der Waals surface area contributed by atoms with E-state index in [0.29, 0.717) is 15.6 Å². The number of carbonyl (C=O) groups excluding carboxylic acids is 2. The second-order valence-corrected chi connectivity index (χ2v) is 4.88. The van der Waals surface area contributed by atoms with Gasteiger partial charge in [0, 0.05) is 15.6 Å². The molecular weight excluding hydrogens is 307 g/mol. The van der Waals surface area contributed by atoms with Gasteiger partial charge in [-0.15, -0.1) is 0 Å². The summed E-state index contributed by atoms with van der Waals surface area (Å²) in [5.41, 5.74) is 0.522. The molecule has 6 nitrogen and oxygen atoms in total. The highest BCUT2D eigenvalue weighted by atomic mass is 35.5. The molecule has 1 aromatic carbocycles. The van der Waals surface area contributed by atoms with E-state index in [0.717, 1.165) is 5.06 Å². The molecule has 1 fully saturated rings. The number of halogens is 2. The number of amides is 2. The summed E-state index contributed by atoms with van der Waals surface area (Å²) in [4.78, 5) is 29.9. The van der Waals surface area contributed by atoms with Gasteiger partial charge in [0.15, 0.2) is 6.17 Å². The van der Waals surface area contributed by atoms with Crippen LogP contribution in [0.4, 0.5) is 4.79 Å². The fourth-order valence-electron chi connectivity index (χ4n) is 2.05. The van der Waals surface area contributed by atoms with Gasteiger partial charge in [0.1, 0.15) is 6.54 Å². The molecule has 0 radical (unpaired) electrons. The first kappa shape index (κ1) is 14.9. The van der Waals surface area contributed by atoms with Crippen LogP contribution in [0.1, 0.15) is 11.7 Å². The lowest BCUT2D eigenvalue weighted by molar-refractivity contribution is -0.183. The molecule has 2 amide bonds. The molecular formula is C12H12Cl2N2O4. The van der Waals surface area contributed by atoms with E-state index in [9.17, 15) is 9.59 Å². The smallest absolute Gasteiger partial charge is 0.411 e. The van der Waals surface area contributed by atoms with Gasteiger partial charge in [-0.3, -0.25) is 14.5 Å². The minimum absolute atomic E-state index is 0.149. The Kier molecular flexibility index (Phi) is 4.37. The van der Waals surface area contributed by atoms with Gasteiger partial charge in [-0.2, -0.15) is 5.06 Å². The van der Waals surface area contributed by atoms with Crippen LogP contribution in [0.2, 0.25) is 10.0 Å². The summed E-state index contributed by atoms with van der Waals surface area (Å²) < 4.78 is 4.67. The molecule has 0 saturated carbocycles. The normalized spacial score (nSPS) is 18.6. The van der Waals surface area contributed by atoms with Gasteiger partial charge in [-0.25, -0.2) is 4.79 Å². The maximum absolute atomic E-state index is 11.9. The third-order valence-corrected chi connectivity index (χ3v) is 3.48. The Morgan fingerprint density at radius 2 is 2.05 bits per heavy atom. The number of hydrogen-bond acceptors (Lipinski definition) is 4. The molecule has 0 aliphatic carbocycles. The van der Waals surface area contributed by atoms with Crippen LogP contribution in [-0.2, 0) is 14.4 Å². The number of benzene rings is 1. The molecule has 1 aliphatic rings. The van der Waals surface area contributed by atoms with Crippen molar-refractivity contribution >= 4 is 35.2 Å². The number of hydrogen-bond donors (Lipinski definition) is 0. The summed E-state index contributed by atoms with van der Waals surface area (Å²) in [6, 6.07) is 4.79. The van der Waals surface area contributed by atoms with Gasteiger partial charge in [0.25, 0.3) is 5.91 Å². The van der Waals surface area contributed by atoms with Crippen molar-refractivity contribution in [2.45, 2.75) is 6.17 Å². The summed E-state index contributed by atoms with van der Waals surface area (Å²) in [5, 5.41) is 1.86. The van der Waals surface area contributed by atoms with Crippen molar-refractivity contribution in [1.82, 2.24) is 9.96 Å². The topological polar surface area (TPSA) is 59.1 Å². The third kappa shape index (κ3) is 2.54. The van der Waals surface area contributed by atoms with Gasteiger partial charge < -0.3 is 4.74 Å². The monoisotopic (exact) mass is 318 g/mol. The van der Waals surface area contributed by atoms with Crippen molar-refractivity contribution in [2.24, 2.45) is 0 Å². The Morgan fingerprint density at radius 3 is 2.60 bits per heavy atom. The van der Waals surface area contributed by atoms with Crippen molar-refractivity contribution in [2.75, 3.05) is 20.8 Å². The van der Waals surface area contributed by atoms with E-state index in [2.05, 4.69) is 4.74 Å². The molecule has 108 valence electrons. The molecule has 0 bridgehead atoms. The van der Waals surface area contributed by atoms with Crippen molar-refractivity contribution in [1.29, 1.82) is 0 Å². The van der Waals surface area contributed by atoms with E-state index < -0.39 is 12.3 Å². The second-order valence-electron chi connectivity index (χ2n) is 4.04. The Bertz CT molecular complexity index is 550. The molecule has 1 aromatic rings. The number of hydroxylamine groups is 2. The van der Waals surface area contributed by atoms with E-state index >= 15 is 0 Å². The van der Waals surface area contributed by atoms with E-state index in [1.165, 1.54) is 25.2 Å². The lowest BCUT2D eigenvalue weighted by Crippen LogP contribution is -2.35. The first-order valence-electron chi connectivity index (χ1n) is 5.65. The highest BCUT2D eigenvalue weighted by molar-refractivity contribution is 6.35. The minimum atomic E-state index is -0.787. The van der Waals surface area contributed by atoms with Crippen LogP contribution in [0, 0.1) is 0 Å². The highest BCUT2D eigenvalue weighted by Crippen LogP contribution is 2.36. The molecule has 0 unspecified atom stereocenters. The summed E-state index contributed by atoms with van der Waals surface area (Å²) in [7, 11) is 2.58. The van der Waals surface area contributed by atoms with Crippen molar-refractivity contribution in [3.05, 3.63) is 33.8 Å². The maximum Gasteiger partial charge on any atom is 0.411 e. The number of methoxy groups -OCH3 is 1. The number of carbonyl (C=O) groups is 2. The van der Waals surface area contributed by atoms with Gasteiger partial charge in [0.05, 0.1) is 14.2 Å². The van der Waals surface area contributed by atoms with Crippen molar-refractivity contribution < 1.29 is 19.2 Å². The molecule has 20 heavy (non-hydrogen) atoms. The fourth-order valence-corrected chi connectivity index (χ4v) is 2.56. The Morgan fingerprint density at radius 1 is 1.35 bits per heavy atom. The van der Waals surface area contributed by atoms with Gasteiger partial charge in [-0.05, 0) is 12.1 Å². The molecule has 0 spiro atoms. The zero-order valence-corrected chi connectivity index (χ0v) is 12.3. The largest absolute Gasteiger partial charge is 0.453 e. The van der Waals surface area contributed by atoms with Crippen LogP contribution in [-0.4, -0.2) is 42.7 Å². The summed E-state index contributed by atoms with van der Waals surface area (Å²) >= 11 is 12.0. The highest BCUT2D eigenvalue weighted by Gasteiger charge is 2.43. The van der Waals surface area contributed by atoms with Gasteiger partial charge >= 0.3 is 6.09 Å². The molecule has 0 aromatic heterocycles. The molecule has 1 aliphatic heterocycles. The van der Waals surface area contributed by atoms with Crippen molar-refractivity contribution in [3.63, 3.8) is 0 Å². The zero-order chi connectivity index (χ0) is 14.9. The second kappa shape index (κ2) is 5.87. The SMILES string of the molecule is COC(=O)N1CC(=O)N(OC)[C@H]1c1ccc(Cl)cc1Cl. The summed E-state index contributed by atoms with van der Waals surface area (Å²) in [5.74, 6) is -0.367. The van der Waals surface area contributed by atoms with Crippen LogP contribution in [0.5, 0.6) is 0 Å². The predicted molar refractivity (Wildman–Crippen MR) is 72.2 cm³/mol. The molecule has 2 rings (SSSR count). The Hall–Kier alpha value is -1.50. The lowest BCUT2D eigenvalue weighted by Gasteiger charge is -2.28. The Labute approximate surface area is 125 Å². The lowest BCUT2D eigenvalue weighted by atomic mass is 10.1. The standard InChI is InChI=1S/C12H12Cl2N2O4/c1-19-12(18)15-6-10(17)16(20-2)11(15)8-4-3-7(13)5-9(8)14/h3-5,11H,6H2,1-2H3/t11-/m0/s1. The number of ether oxygens (including phenoxy) is 1. The fraction of sp³-hybridized carbons (Fsp3) is 0.333. The third-order valence-electron chi connectivity index (χ3n) is 2.92. The molecule has 1 heterocycles. The average molecular weight is 319 g/mol. The van der Waals surface area contributed by atoms with E-state index in [1.807, 2.05) is 0 Å². The van der Waals surface area contributed by atoms with Crippen molar-refractivity contribution in [3.8, 4) is 0 Å².